The third-order valence-electron chi connectivity index (χ3n) is 6.99. The van der Waals surface area contributed by atoms with Crippen molar-refractivity contribution in [1.82, 2.24) is 10.2 Å². The first kappa shape index (κ1) is 19.0. The van der Waals surface area contributed by atoms with E-state index in [4.69, 9.17) is 0 Å². The minimum Gasteiger partial charge on any atom is -0.335 e. The van der Waals surface area contributed by atoms with Gasteiger partial charge in [0, 0.05) is 35.8 Å². The summed E-state index contributed by atoms with van der Waals surface area (Å²) in [6, 6.07) is 7.83. The van der Waals surface area contributed by atoms with Gasteiger partial charge in [-0.15, -0.1) is 0 Å². The number of likely N-dealkylation sites (tertiary alicyclic amines) is 1. The summed E-state index contributed by atoms with van der Waals surface area (Å²) < 4.78 is 0.964. The maximum absolute atomic E-state index is 12.2. The lowest BCUT2D eigenvalue weighted by Gasteiger charge is -2.57. The summed E-state index contributed by atoms with van der Waals surface area (Å²) in [7, 11) is 0. The summed E-state index contributed by atoms with van der Waals surface area (Å²) in [5.41, 5.74) is 2.99. The standard InChI is InChI=1S/C22H30BrN3O/c1-22(2)16-7-6-15(20(22)12-16)14-26-10-8-18(9-11-26)24-21(27)25-19-5-3-4-17(23)13-19/h3-6,13,16,18,20H,7-12,14H2,1-2H3,(H2,24,25,27)/t16-,20?/m0/s1. The van der Waals surface area contributed by atoms with E-state index in [9.17, 15) is 4.79 Å². The Morgan fingerprint density at radius 1 is 1.30 bits per heavy atom. The predicted octanol–water partition coefficient (Wildman–Crippen LogP) is 5.03. The fourth-order valence-electron chi connectivity index (χ4n) is 5.07. The third-order valence-corrected chi connectivity index (χ3v) is 7.49. The molecule has 27 heavy (non-hydrogen) atoms. The number of urea groups is 1. The average molecular weight is 432 g/mol. The number of amides is 2. The molecular weight excluding hydrogens is 402 g/mol. The van der Waals surface area contributed by atoms with Crippen LogP contribution in [0.5, 0.6) is 0 Å². The van der Waals surface area contributed by atoms with Gasteiger partial charge in [-0.05, 0) is 61.1 Å². The van der Waals surface area contributed by atoms with Crippen LogP contribution in [0.2, 0.25) is 0 Å². The first-order valence-electron chi connectivity index (χ1n) is 10.2. The largest absolute Gasteiger partial charge is 0.335 e. The zero-order valence-corrected chi connectivity index (χ0v) is 17.9. The fraction of sp³-hybridized carbons (Fsp3) is 0.591. The molecule has 2 fully saturated rings. The molecule has 1 aromatic carbocycles. The van der Waals surface area contributed by atoms with E-state index in [2.05, 4.69) is 51.4 Å². The van der Waals surface area contributed by atoms with Crippen LogP contribution >= 0.6 is 15.9 Å². The molecule has 1 heterocycles. The lowest BCUT2D eigenvalue weighted by Crippen LogP contribution is -2.51. The molecule has 1 unspecified atom stereocenters. The molecule has 4 aliphatic rings. The van der Waals surface area contributed by atoms with Gasteiger partial charge in [0.2, 0.25) is 0 Å². The number of hydrogen-bond acceptors (Lipinski definition) is 2. The van der Waals surface area contributed by atoms with Crippen LogP contribution in [0.15, 0.2) is 40.4 Å². The number of piperidine rings is 1. The highest BCUT2D eigenvalue weighted by Gasteiger charge is 2.51. The van der Waals surface area contributed by atoms with Crippen molar-refractivity contribution in [3.05, 3.63) is 40.4 Å². The Balaban J connectivity index is 1.22. The molecule has 0 radical (unpaired) electrons. The first-order valence-corrected chi connectivity index (χ1v) is 11.0. The van der Waals surface area contributed by atoms with Crippen LogP contribution in [-0.2, 0) is 0 Å². The highest BCUT2D eigenvalue weighted by atomic mass is 79.9. The van der Waals surface area contributed by atoms with Crippen molar-refractivity contribution in [2.75, 3.05) is 25.0 Å². The Labute approximate surface area is 170 Å². The summed E-state index contributed by atoms with van der Waals surface area (Å²) in [4.78, 5) is 14.8. The Kier molecular flexibility index (Phi) is 5.34. The lowest BCUT2D eigenvalue weighted by molar-refractivity contribution is -0.0113. The Bertz CT molecular complexity index is 737. The van der Waals surface area contributed by atoms with Crippen molar-refractivity contribution in [3.63, 3.8) is 0 Å². The van der Waals surface area contributed by atoms with Gasteiger partial charge in [0.05, 0.1) is 0 Å². The van der Waals surface area contributed by atoms with Crippen LogP contribution in [0, 0.1) is 17.3 Å². The highest BCUT2D eigenvalue weighted by Crippen LogP contribution is 2.59. The number of allylic oxidation sites excluding steroid dienone is 1. The molecule has 2 bridgehead atoms. The van der Waals surface area contributed by atoms with E-state index in [1.54, 1.807) is 5.57 Å². The molecule has 1 saturated heterocycles. The van der Waals surface area contributed by atoms with Crippen molar-refractivity contribution >= 4 is 27.6 Å². The topological polar surface area (TPSA) is 44.4 Å². The van der Waals surface area contributed by atoms with Crippen molar-refractivity contribution in [1.29, 1.82) is 0 Å². The summed E-state index contributed by atoms with van der Waals surface area (Å²) in [5, 5.41) is 6.06. The predicted molar refractivity (Wildman–Crippen MR) is 114 cm³/mol. The van der Waals surface area contributed by atoms with E-state index < -0.39 is 0 Å². The van der Waals surface area contributed by atoms with E-state index in [1.165, 1.54) is 12.8 Å². The third kappa shape index (κ3) is 4.09. The number of hydrogen-bond donors (Lipinski definition) is 2. The molecule has 4 nitrogen and oxygen atoms in total. The Morgan fingerprint density at radius 3 is 2.74 bits per heavy atom. The van der Waals surface area contributed by atoms with Gasteiger partial charge in [-0.3, -0.25) is 4.90 Å². The summed E-state index contributed by atoms with van der Waals surface area (Å²) >= 11 is 3.43. The molecule has 3 aliphatic carbocycles. The quantitative estimate of drug-likeness (QED) is 0.656. The van der Waals surface area contributed by atoms with E-state index in [-0.39, 0.29) is 12.1 Å². The van der Waals surface area contributed by atoms with E-state index in [0.717, 1.165) is 54.5 Å². The number of carbonyl (C=O) groups excluding carboxylic acids is 1. The van der Waals surface area contributed by atoms with Crippen LogP contribution in [0.3, 0.4) is 0 Å². The highest BCUT2D eigenvalue weighted by molar-refractivity contribution is 9.10. The normalized spacial score (nSPS) is 27.4. The molecule has 2 atom stereocenters. The number of halogens is 1. The summed E-state index contributed by atoms with van der Waals surface area (Å²) in [6.45, 7) is 8.14. The fourth-order valence-corrected chi connectivity index (χ4v) is 5.47. The molecule has 0 spiro atoms. The molecule has 1 aliphatic heterocycles. The van der Waals surface area contributed by atoms with Crippen molar-refractivity contribution in [3.8, 4) is 0 Å². The van der Waals surface area contributed by atoms with Crippen molar-refractivity contribution in [2.24, 2.45) is 17.3 Å². The minimum absolute atomic E-state index is 0.108. The number of fused-ring (bicyclic) bond motifs is 1. The number of carbonyl (C=O) groups is 1. The number of nitrogens with one attached hydrogen (secondary N) is 2. The lowest BCUT2D eigenvalue weighted by atomic mass is 9.49. The van der Waals surface area contributed by atoms with Gasteiger partial charge in [-0.1, -0.05) is 47.5 Å². The monoisotopic (exact) mass is 431 g/mol. The van der Waals surface area contributed by atoms with E-state index in [0.29, 0.717) is 5.41 Å². The molecule has 5 rings (SSSR count). The second-order valence-corrected chi connectivity index (χ2v) is 9.90. The molecule has 5 heteroatoms. The average Bonchev–Trinajstić information content (AvgIpc) is 2.63. The molecule has 146 valence electrons. The molecule has 2 amide bonds. The summed E-state index contributed by atoms with van der Waals surface area (Å²) in [5.74, 6) is 1.70. The molecule has 2 N–H and O–H groups in total. The van der Waals surface area contributed by atoms with Gasteiger partial charge in [0.1, 0.15) is 0 Å². The number of rotatable bonds is 4. The second kappa shape index (κ2) is 7.59. The zero-order valence-electron chi connectivity index (χ0n) is 16.3. The van der Waals surface area contributed by atoms with Gasteiger partial charge in [-0.25, -0.2) is 4.79 Å². The minimum atomic E-state index is -0.108. The van der Waals surface area contributed by atoms with Gasteiger partial charge in [0.25, 0.3) is 0 Å². The van der Waals surface area contributed by atoms with Crippen LogP contribution in [0.4, 0.5) is 10.5 Å². The van der Waals surface area contributed by atoms with Crippen molar-refractivity contribution in [2.45, 2.75) is 45.6 Å². The zero-order chi connectivity index (χ0) is 19.0. The SMILES string of the molecule is CC1(C)C2C[C@@H]1CC=C2CN1CCC(NC(=O)Nc2cccc(Br)c2)CC1. The van der Waals surface area contributed by atoms with Crippen LogP contribution in [-0.4, -0.2) is 36.6 Å². The molecule has 0 aromatic heterocycles. The summed E-state index contributed by atoms with van der Waals surface area (Å²) in [6.07, 6.45) is 7.23. The van der Waals surface area contributed by atoms with Crippen LogP contribution in [0.25, 0.3) is 0 Å². The molecular formula is C22H30BrN3O. The van der Waals surface area contributed by atoms with Crippen LogP contribution < -0.4 is 10.6 Å². The van der Waals surface area contributed by atoms with Gasteiger partial charge < -0.3 is 10.6 Å². The Morgan fingerprint density at radius 2 is 2.07 bits per heavy atom. The van der Waals surface area contributed by atoms with Gasteiger partial charge in [-0.2, -0.15) is 0 Å². The Hall–Kier alpha value is -1.33. The van der Waals surface area contributed by atoms with E-state index >= 15 is 0 Å². The van der Waals surface area contributed by atoms with E-state index in [1.807, 2.05) is 24.3 Å². The molecule has 1 aromatic rings. The number of nitrogens with zero attached hydrogens (tertiary/aromatic N) is 1. The number of anilines is 1. The first-order chi connectivity index (χ1) is 12.9. The van der Waals surface area contributed by atoms with Crippen LogP contribution in [0.1, 0.15) is 39.5 Å². The maximum atomic E-state index is 12.2. The van der Waals surface area contributed by atoms with Gasteiger partial charge >= 0.3 is 6.03 Å². The van der Waals surface area contributed by atoms with Crippen molar-refractivity contribution < 1.29 is 4.79 Å². The van der Waals surface area contributed by atoms with Gasteiger partial charge in [0.15, 0.2) is 0 Å². The molecule has 1 saturated carbocycles. The number of benzene rings is 1. The maximum Gasteiger partial charge on any atom is 0.319 e. The smallest absolute Gasteiger partial charge is 0.319 e. The second-order valence-electron chi connectivity index (χ2n) is 8.98.